The summed E-state index contributed by atoms with van der Waals surface area (Å²) in [7, 11) is 1.53. The molecule has 1 saturated carbocycles. The zero-order valence-electron chi connectivity index (χ0n) is 22.3. The van der Waals surface area contributed by atoms with E-state index >= 15 is 4.39 Å². The Bertz CT molecular complexity index is 1540. The number of amides is 2. The summed E-state index contributed by atoms with van der Waals surface area (Å²) in [6, 6.07) is 17.8. The maximum Gasteiger partial charge on any atom is 0.255 e. The number of fused-ring (bicyclic) bond motifs is 1. The number of methoxy groups -OCH3 is 1. The highest BCUT2D eigenvalue weighted by molar-refractivity contribution is 6.09. The van der Waals surface area contributed by atoms with Gasteiger partial charge in [-0.25, -0.2) is 4.39 Å². The fourth-order valence-corrected chi connectivity index (χ4v) is 4.51. The number of halogens is 1. The van der Waals surface area contributed by atoms with Crippen molar-refractivity contribution in [2.45, 2.75) is 31.7 Å². The average molecular weight is 542 g/mol. The lowest BCUT2D eigenvalue weighted by molar-refractivity contribution is 0.0941. The number of nitrogens with one attached hydrogen (secondary N) is 3. The molecule has 0 spiro atoms. The molecule has 5 N–H and O–H groups in total. The lowest BCUT2D eigenvalue weighted by atomic mass is 9.98. The molecule has 8 nitrogen and oxygen atoms in total. The third-order valence-corrected chi connectivity index (χ3v) is 6.83. The molecule has 1 aliphatic rings. The summed E-state index contributed by atoms with van der Waals surface area (Å²) in [5, 5.41) is 9.84. The summed E-state index contributed by atoms with van der Waals surface area (Å²) in [5.74, 6) is -0.842. The van der Waals surface area contributed by atoms with Gasteiger partial charge in [0.15, 0.2) is 0 Å². The smallest absolute Gasteiger partial charge is 0.255 e. The largest absolute Gasteiger partial charge is 0.496 e. The quantitative estimate of drug-likeness (QED) is 0.195. The standard InChI is InChI=1S/C31H32FN5O3/c1-40-28-17-27-24(16-23(28)19-9-12-22(26(32)15-19)30(38)34-14-6-5-13-33)29(36-20-7-3-2-4-8-20)25(18-35-27)31(39)37-21-10-11-21/h2-4,7-9,12,15-18,21H,5-6,10-11,13-14,33H2,1H3,(H,34,38)(H,35,36)(H,37,39). The first kappa shape index (κ1) is 27.1. The van der Waals surface area contributed by atoms with Crippen LogP contribution >= 0.6 is 0 Å². The molecule has 0 saturated heterocycles. The number of ether oxygens (including phenoxy) is 1. The first-order valence-corrected chi connectivity index (χ1v) is 13.4. The Morgan fingerprint density at radius 2 is 1.82 bits per heavy atom. The Morgan fingerprint density at radius 3 is 2.52 bits per heavy atom. The number of nitrogens with zero attached hydrogens (tertiary/aromatic N) is 1. The zero-order valence-corrected chi connectivity index (χ0v) is 22.3. The maximum atomic E-state index is 15.2. The Labute approximate surface area is 232 Å². The molecule has 2 amide bonds. The van der Waals surface area contributed by atoms with E-state index in [1.165, 1.54) is 19.2 Å². The van der Waals surface area contributed by atoms with Gasteiger partial charge in [-0.3, -0.25) is 14.6 Å². The lowest BCUT2D eigenvalue weighted by Crippen LogP contribution is -2.26. The first-order valence-electron chi connectivity index (χ1n) is 13.4. The number of hydrogen-bond acceptors (Lipinski definition) is 6. The van der Waals surface area contributed by atoms with Gasteiger partial charge in [0.1, 0.15) is 11.6 Å². The van der Waals surface area contributed by atoms with E-state index in [-0.39, 0.29) is 17.5 Å². The molecular formula is C31H32FN5O3. The van der Waals surface area contributed by atoms with Gasteiger partial charge in [-0.1, -0.05) is 24.3 Å². The van der Waals surface area contributed by atoms with Gasteiger partial charge in [0.05, 0.1) is 29.4 Å². The van der Waals surface area contributed by atoms with E-state index in [4.69, 9.17) is 10.5 Å². The number of benzene rings is 3. The van der Waals surface area contributed by atoms with Gasteiger partial charge in [0.25, 0.3) is 11.8 Å². The van der Waals surface area contributed by atoms with Crippen molar-refractivity contribution < 1.29 is 18.7 Å². The number of rotatable bonds is 11. The second-order valence-corrected chi connectivity index (χ2v) is 9.80. The summed E-state index contributed by atoms with van der Waals surface area (Å²) in [6.07, 6.45) is 4.99. The van der Waals surface area contributed by atoms with Crippen LogP contribution in [0.25, 0.3) is 22.0 Å². The van der Waals surface area contributed by atoms with Crippen molar-refractivity contribution in [3.8, 4) is 16.9 Å². The molecule has 0 unspecified atom stereocenters. The van der Waals surface area contributed by atoms with Crippen LogP contribution < -0.4 is 26.4 Å². The van der Waals surface area contributed by atoms with E-state index in [1.54, 1.807) is 18.3 Å². The van der Waals surface area contributed by atoms with Crippen LogP contribution in [-0.4, -0.2) is 43.0 Å². The molecule has 1 fully saturated rings. The van der Waals surface area contributed by atoms with E-state index < -0.39 is 11.7 Å². The summed E-state index contributed by atoms with van der Waals surface area (Å²) in [4.78, 5) is 30.2. The van der Waals surface area contributed by atoms with Crippen molar-refractivity contribution in [3.63, 3.8) is 0 Å². The molecule has 0 bridgehead atoms. The number of para-hydroxylation sites is 1. The predicted molar refractivity (Wildman–Crippen MR) is 155 cm³/mol. The summed E-state index contributed by atoms with van der Waals surface area (Å²) in [5.41, 5.74) is 8.99. The summed E-state index contributed by atoms with van der Waals surface area (Å²) < 4.78 is 20.8. The van der Waals surface area contributed by atoms with E-state index in [0.717, 1.165) is 31.4 Å². The van der Waals surface area contributed by atoms with Crippen molar-refractivity contribution in [1.82, 2.24) is 15.6 Å². The Kier molecular flexibility index (Phi) is 8.21. The minimum atomic E-state index is -0.644. The van der Waals surface area contributed by atoms with E-state index in [2.05, 4.69) is 20.9 Å². The van der Waals surface area contributed by atoms with Crippen LogP contribution in [0.3, 0.4) is 0 Å². The number of anilines is 2. The SMILES string of the molecule is COc1cc2ncc(C(=O)NC3CC3)c(Nc3ccccc3)c2cc1-c1ccc(C(=O)NCCCCN)c(F)c1. The predicted octanol–water partition coefficient (Wildman–Crippen LogP) is 5.15. The second kappa shape index (κ2) is 12.1. The fraction of sp³-hybridized carbons (Fsp3) is 0.258. The Morgan fingerprint density at radius 1 is 1.02 bits per heavy atom. The van der Waals surface area contributed by atoms with Gasteiger partial charge < -0.3 is 26.4 Å². The van der Waals surface area contributed by atoms with E-state index in [1.807, 2.05) is 36.4 Å². The third kappa shape index (κ3) is 6.05. The molecule has 4 aromatic rings. The Balaban J connectivity index is 1.56. The topological polar surface area (TPSA) is 118 Å². The highest BCUT2D eigenvalue weighted by Gasteiger charge is 2.26. The molecular weight excluding hydrogens is 509 g/mol. The number of unbranched alkanes of at least 4 members (excludes halogenated alkanes) is 1. The number of carbonyl (C=O) groups excluding carboxylic acids is 2. The van der Waals surface area contributed by atoms with Crippen molar-refractivity contribution in [2.24, 2.45) is 5.73 Å². The van der Waals surface area contributed by atoms with Crippen LogP contribution in [0.1, 0.15) is 46.4 Å². The average Bonchev–Trinajstić information content (AvgIpc) is 3.79. The number of hydrogen-bond donors (Lipinski definition) is 4. The molecule has 40 heavy (non-hydrogen) atoms. The molecule has 0 radical (unpaired) electrons. The Hall–Kier alpha value is -4.50. The van der Waals surface area contributed by atoms with Gasteiger partial charge in [-0.05, 0) is 68.1 Å². The number of nitrogens with two attached hydrogens (primary N) is 1. The van der Waals surface area contributed by atoms with Crippen molar-refractivity contribution in [2.75, 3.05) is 25.5 Å². The minimum absolute atomic E-state index is 0.0385. The molecule has 1 aromatic heterocycles. The van der Waals surface area contributed by atoms with Crippen LogP contribution in [0.2, 0.25) is 0 Å². The highest BCUT2D eigenvalue weighted by Crippen LogP contribution is 2.39. The number of pyridine rings is 1. The number of carbonyl (C=O) groups is 2. The first-order chi connectivity index (χ1) is 19.5. The zero-order chi connectivity index (χ0) is 28.1. The van der Waals surface area contributed by atoms with Gasteiger partial charge in [0, 0.05) is 41.5 Å². The lowest BCUT2D eigenvalue weighted by Gasteiger charge is -2.17. The van der Waals surface area contributed by atoms with Crippen molar-refractivity contribution >= 4 is 34.1 Å². The fourth-order valence-electron chi connectivity index (χ4n) is 4.51. The monoisotopic (exact) mass is 541 g/mol. The molecule has 9 heteroatoms. The molecule has 3 aromatic carbocycles. The van der Waals surface area contributed by atoms with Crippen molar-refractivity contribution in [1.29, 1.82) is 0 Å². The maximum absolute atomic E-state index is 15.2. The van der Waals surface area contributed by atoms with Gasteiger partial charge in [0.2, 0.25) is 0 Å². The molecule has 5 rings (SSSR count). The molecule has 0 aliphatic heterocycles. The van der Waals surface area contributed by atoms with Crippen LogP contribution in [0, 0.1) is 5.82 Å². The van der Waals surface area contributed by atoms with Crippen molar-refractivity contribution in [3.05, 3.63) is 83.8 Å². The highest BCUT2D eigenvalue weighted by atomic mass is 19.1. The van der Waals surface area contributed by atoms with E-state index in [0.29, 0.717) is 52.1 Å². The van der Waals surface area contributed by atoms with Crippen LogP contribution in [0.4, 0.5) is 15.8 Å². The van der Waals surface area contributed by atoms with E-state index in [9.17, 15) is 9.59 Å². The molecule has 206 valence electrons. The number of aromatic nitrogens is 1. The van der Waals surface area contributed by atoms with Crippen LogP contribution in [-0.2, 0) is 0 Å². The second-order valence-electron chi connectivity index (χ2n) is 9.80. The van der Waals surface area contributed by atoms with Gasteiger partial charge >= 0.3 is 0 Å². The van der Waals surface area contributed by atoms with Crippen LogP contribution in [0.5, 0.6) is 5.75 Å². The molecule has 1 aliphatic carbocycles. The van der Waals surface area contributed by atoms with Gasteiger partial charge in [-0.15, -0.1) is 0 Å². The molecule has 0 atom stereocenters. The molecule has 1 heterocycles. The normalized spacial score (nSPS) is 12.7. The third-order valence-electron chi connectivity index (χ3n) is 6.83. The summed E-state index contributed by atoms with van der Waals surface area (Å²) in [6.45, 7) is 0.966. The minimum Gasteiger partial charge on any atom is -0.496 e. The summed E-state index contributed by atoms with van der Waals surface area (Å²) >= 11 is 0. The van der Waals surface area contributed by atoms with Crippen LogP contribution in [0.15, 0.2) is 66.9 Å². The van der Waals surface area contributed by atoms with Gasteiger partial charge in [-0.2, -0.15) is 0 Å².